The highest BCUT2D eigenvalue weighted by atomic mass is 16.5. The van der Waals surface area contributed by atoms with E-state index in [1.165, 1.54) is 11.6 Å². The summed E-state index contributed by atoms with van der Waals surface area (Å²) in [4.78, 5) is 23.9. The first-order valence-electron chi connectivity index (χ1n) is 9.52. The van der Waals surface area contributed by atoms with E-state index in [-0.39, 0.29) is 12.5 Å². The van der Waals surface area contributed by atoms with Crippen LogP contribution in [0.15, 0.2) is 70.0 Å². The molecule has 4 aromatic rings. The van der Waals surface area contributed by atoms with Gasteiger partial charge < -0.3 is 14.5 Å². The molecule has 0 bridgehead atoms. The first-order valence-corrected chi connectivity index (χ1v) is 9.52. The fraction of sp³-hybridized carbons (Fsp3) is 0.174. The molecule has 2 aromatic heterocycles. The van der Waals surface area contributed by atoms with Crippen LogP contribution in [-0.2, 0) is 11.3 Å². The Hall–Kier alpha value is -3.87. The van der Waals surface area contributed by atoms with Gasteiger partial charge in [-0.25, -0.2) is 9.48 Å². The Morgan fingerprint density at radius 3 is 2.70 bits per heavy atom. The maximum Gasteiger partial charge on any atom is 0.336 e. The van der Waals surface area contributed by atoms with Gasteiger partial charge in [-0.1, -0.05) is 29.8 Å². The van der Waals surface area contributed by atoms with E-state index in [1.807, 2.05) is 38.1 Å². The van der Waals surface area contributed by atoms with E-state index in [0.29, 0.717) is 23.7 Å². The standard InChI is InChI=1S/C23H21N3O4/c1-15-3-5-17(6-4-15)13-26-21(9-10-24-26)25-22(27)14-29-18-7-8-19-16(2)11-23(28)30-20(19)12-18/h3-12H,13-14H2,1-2H3,(H,25,27). The van der Waals surface area contributed by atoms with Gasteiger partial charge >= 0.3 is 5.63 Å². The average molecular weight is 403 g/mol. The molecular weight excluding hydrogens is 382 g/mol. The molecule has 0 unspecified atom stereocenters. The third kappa shape index (κ3) is 4.41. The number of aryl methyl sites for hydroxylation is 2. The summed E-state index contributed by atoms with van der Waals surface area (Å²) in [5, 5.41) is 7.91. The molecule has 0 aliphatic carbocycles. The third-order valence-electron chi connectivity index (χ3n) is 4.73. The van der Waals surface area contributed by atoms with Gasteiger partial charge in [-0.05, 0) is 37.1 Å². The Kier molecular flexibility index (Phi) is 5.34. The maximum absolute atomic E-state index is 12.4. The Morgan fingerprint density at radius 2 is 1.90 bits per heavy atom. The van der Waals surface area contributed by atoms with Crippen molar-refractivity contribution < 1.29 is 13.9 Å². The van der Waals surface area contributed by atoms with Gasteiger partial charge in [0, 0.05) is 23.6 Å². The molecule has 0 spiro atoms. The number of hydrogen-bond acceptors (Lipinski definition) is 5. The van der Waals surface area contributed by atoms with Crippen LogP contribution in [0.5, 0.6) is 5.75 Å². The van der Waals surface area contributed by atoms with E-state index >= 15 is 0 Å². The van der Waals surface area contributed by atoms with E-state index in [2.05, 4.69) is 10.4 Å². The SMILES string of the molecule is Cc1ccc(Cn2nccc2NC(=O)COc2ccc3c(C)cc(=O)oc3c2)cc1. The molecule has 0 saturated carbocycles. The number of hydrogen-bond donors (Lipinski definition) is 1. The zero-order valence-electron chi connectivity index (χ0n) is 16.7. The second kappa shape index (κ2) is 8.24. The highest BCUT2D eigenvalue weighted by Crippen LogP contribution is 2.22. The highest BCUT2D eigenvalue weighted by Gasteiger charge is 2.10. The quantitative estimate of drug-likeness (QED) is 0.497. The lowest BCUT2D eigenvalue weighted by Gasteiger charge is -2.11. The fourth-order valence-corrected chi connectivity index (χ4v) is 3.15. The van der Waals surface area contributed by atoms with Gasteiger partial charge in [0.15, 0.2) is 6.61 Å². The largest absolute Gasteiger partial charge is 0.484 e. The van der Waals surface area contributed by atoms with Gasteiger partial charge in [0.25, 0.3) is 5.91 Å². The van der Waals surface area contributed by atoms with Crippen molar-refractivity contribution >= 4 is 22.7 Å². The van der Waals surface area contributed by atoms with Crippen LogP contribution in [0, 0.1) is 13.8 Å². The van der Waals surface area contributed by atoms with Gasteiger partial charge in [-0.15, -0.1) is 0 Å². The molecule has 0 atom stereocenters. The normalized spacial score (nSPS) is 10.9. The molecule has 7 heteroatoms. The van der Waals surface area contributed by atoms with Crippen LogP contribution in [0.4, 0.5) is 5.82 Å². The summed E-state index contributed by atoms with van der Waals surface area (Å²) < 4.78 is 12.5. The smallest absolute Gasteiger partial charge is 0.336 e. The summed E-state index contributed by atoms with van der Waals surface area (Å²) in [7, 11) is 0. The van der Waals surface area contributed by atoms with E-state index in [0.717, 1.165) is 16.5 Å². The van der Waals surface area contributed by atoms with Gasteiger partial charge in [0.1, 0.15) is 17.2 Å². The van der Waals surface area contributed by atoms with E-state index < -0.39 is 5.63 Å². The number of nitrogens with zero attached hydrogens (tertiary/aromatic N) is 2. The number of amides is 1. The summed E-state index contributed by atoms with van der Waals surface area (Å²) in [6.07, 6.45) is 1.64. The second-order valence-corrected chi connectivity index (χ2v) is 7.10. The van der Waals surface area contributed by atoms with Crippen molar-refractivity contribution in [1.82, 2.24) is 9.78 Å². The number of carbonyl (C=O) groups excluding carboxylic acids is 1. The van der Waals surface area contributed by atoms with Crippen LogP contribution in [0.1, 0.15) is 16.7 Å². The van der Waals surface area contributed by atoms with Gasteiger partial charge in [0.05, 0.1) is 12.7 Å². The Morgan fingerprint density at radius 1 is 1.10 bits per heavy atom. The first-order chi connectivity index (χ1) is 14.5. The molecule has 0 aliphatic rings. The summed E-state index contributed by atoms with van der Waals surface area (Å²) in [6, 6.07) is 16.5. The molecule has 4 rings (SSSR count). The lowest BCUT2D eigenvalue weighted by molar-refractivity contribution is -0.118. The molecule has 0 fully saturated rings. The zero-order chi connectivity index (χ0) is 21.1. The molecule has 1 amide bonds. The number of carbonyl (C=O) groups is 1. The topological polar surface area (TPSA) is 86.4 Å². The summed E-state index contributed by atoms with van der Waals surface area (Å²) in [5.74, 6) is 0.718. The molecule has 0 aliphatic heterocycles. The van der Waals surface area contributed by atoms with Crippen molar-refractivity contribution in [2.24, 2.45) is 0 Å². The number of fused-ring (bicyclic) bond motifs is 1. The van der Waals surface area contributed by atoms with Crippen LogP contribution in [0.2, 0.25) is 0 Å². The van der Waals surface area contributed by atoms with Crippen molar-refractivity contribution in [1.29, 1.82) is 0 Å². The predicted octanol–water partition coefficient (Wildman–Crippen LogP) is 3.67. The molecule has 7 nitrogen and oxygen atoms in total. The molecule has 152 valence electrons. The number of ether oxygens (including phenoxy) is 1. The zero-order valence-corrected chi connectivity index (χ0v) is 16.7. The van der Waals surface area contributed by atoms with Gasteiger partial charge in [-0.3, -0.25) is 4.79 Å². The summed E-state index contributed by atoms with van der Waals surface area (Å²) in [5.41, 5.74) is 3.11. The van der Waals surface area contributed by atoms with Crippen molar-refractivity contribution in [3.05, 3.63) is 87.9 Å². The number of benzene rings is 2. The second-order valence-electron chi connectivity index (χ2n) is 7.10. The van der Waals surface area contributed by atoms with Crippen LogP contribution < -0.4 is 15.7 Å². The minimum atomic E-state index is -0.420. The Labute approximate surface area is 172 Å². The molecular formula is C23H21N3O4. The summed E-state index contributed by atoms with van der Waals surface area (Å²) in [6.45, 7) is 4.24. The number of aromatic nitrogens is 2. The summed E-state index contributed by atoms with van der Waals surface area (Å²) >= 11 is 0. The van der Waals surface area contributed by atoms with Gasteiger partial charge in [0.2, 0.25) is 0 Å². The Bertz CT molecular complexity index is 1260. The van der Waals surface area contributed by atoms with Crippen LogP contribution in [0.3, 0.4) is 0 Å². The third-order valence-corrected chi connectivity index (χ3v) is 4.73. The predicted molar refractivity (Wildman–Crippen MR) is 114 cm³/mol. The van der Waals surface area contributed by atoms with Crippen molar-refractivity contribution in [3.63, 3.8) is 0 Å². The van der Waals surface area contributed by atoms with Crippen molar-refractivity contribution in [2.45, 2.75) is 20.4 Å². The number of nitrogens with one attached hydrogen (secondary N) is 1. The lowest BCUT2D eigenvalue weighted by atomic mass is 10.1. The molecule has 1 N–H and O–H groups in total. The Balaban J connectivity index is 1.40. The van der Waals surface area contributed by atoms with Crippen LogP contribution in [-0.4, -0.2) is 22.3 Å². The molecule has 30 heavy (non-hydrogen) atoms. The first kappa shape index (κ1) is 19.4. The van der Waals surface area contributed by atoms with E-state index in [9.17, 15) is 9.59 Å². The average Bonchev–Trinajstić information content (AvgIpc) is 3.14. The monoisotopic (exact) mass is 403 g/mol. The molecule has 0 radical (unpaired) electrons. The van der Waals surface area contributed by atoms with Crippen LogP contribution >= 0.6 is 0 Å². The number of rotatable bonds is 6. The highest BCUT2D eigenvalue weighted by molar-refractivity contribution is 5.91. The maximum atomic E-state index is 12.4. The minimum absolute atomic E-state index is 0.183. The lowest BCUT2D eigenvalue weighted by Crippen LogP contribution is -2.22. The van der Waals surface area contributed by atoms with E-state index in [4.69, 9.17) is 9.15 Å². The van der Waals surface area contributed by atoms with E-state index in [1.54, 1.807) is 35.1 Å². The van der Waals surface area contributed by atoms with Crippen molar-refractivity contribution in [2.75, 3.05) is 11.9 Å². The fourth-order valence-electron chi connectivity index (χ4n) is 3.15. The van der Waals surface area contributed by atoms with Gasteiger partial charge in [-0.2, -0.15) is 5.10 Å². The number of anilines is 1. The molecule has 0 saturated heterocycles. The minimum Gasteiger partial charge on any atom is -0.484 e. The molecule has 2 heterocycles. The molecule has 2 aromatic carbocycles. The van der Waals surface area contributed by atoms with Crippen molar-refractivity contribution in [3.8, 4) is 5.75 Å². The van der Waals surface area contributed by atoms with Crippen LogP contribution in [0.25, 0.3) is 11.0 Å².